The molecule has 1 aromatic carbocycles. The minimum absolute atomic E-state index is 0.00640. The van der Waals surface area contributed by atoms with Crippen LogP contribution in [0.1, 0.15) is 16.2 Å². The van der Waals surface area contributed by atoms with Crippen LogP contribution in [0.3, 0.4) is 0 Å². The van der Waals surface area contributed by atoms with Crippen molar-refractivity contribution in [2.75, 3.05) is 0 Å². The quantitative estimate of drug-likeness (QED) is 0.649. The number of hydrogen-bond donors (Lipinski definition) is 2. The van der Waals surface area contributed by atoms with E-state index >= 15 is 0 Å². The molecule has 0 spiro atoms. The second-order valence-corrected chi connectivity index (χ2v) is 6.45. The number of nitrogens with two attached hydrogens (primary N) is 1. The lowest BCUT2D eigenvalue weighted by atomic mass is 10.2. The second kappa shape index (κ2) is 6.75. The zero-order valence-corrected chi connectivity index (χ0v) is 13.5. The third-order valence-corrected chi connectivity index (χ3v) is 4.05. The van der Waals surface area contributed by atoms with E-state index in [0.717, 1.165) is 0 Å². The van der Waals surface area contributed by atoms with E-state index in [1.54, 1.807) is 12.1 Å². The SMILES string of the molecule is NS(=O)(=O)c1ccc(CNC(=O)c2nc(-c3cnccn3)no2)cc1. The van der Waals surface area contributed by atoms with E-state index in [1.165, 1.54) is 30.7 Å². The Labute approximate surface area is 142 Å². The van der Waals surface area contributed by atoms with Crippen LogP contribution < -0.4 is 10.5 Å². The number of benzene rings is 1. The van der Waals surface area contributed by atoms with E-state index in [4.69, 9.17) is 9.66 Å². The van der Waals surface area contributed by atoms with Gasteiger partial charge in [-0.2, -0.15) is 4.98 Å². The van der Waals surface area contributed by atoms with Gasteiger partial charge in [-0.05, 0) is 17.7 Å². The van der Waals surface area contributed by atoms with Gasteiger partial charge < -0.3 is 9.84 Å². The average Bonchev–Trinajstić information content (AvgIpc) is 3.10. The van der Waals surface area contributed by atoms with Gasteiger partial charge in [0.2, 0.25) is 15.8 Å². The van der Waals surface area contributed by atoms with Gasteiger partial charge in [-0.3, -0.25) is 9.78 Å². The molecule has 0 bridgehead atoms. The van der Waals surface area contributed by atoms with Gasteiger partial charge in [0.1, 0.15) is 5.69 Å². The lowest BCUT2D eigenvalue weighted by Gasteiger charge is -2.03. The number of rotatable bonds is 5. The van der Waals surface area contributed by atoms with E-state index in [-0.39, 0.29) is 23.2 Å². The van der Waals surface area contributed by atoms with Gasteiger partial charge in [0.15, 0.2) is 0 Å². The van der Waals surface area contributed by atoms with Crippen molar-refractivity contribution in [1.82, 2.24) is 25.4 Å². The van der Waals surface area contributed by atoms with E-state index < -0.39 is 15.9 Å². The lowest BCUT2D eigenvalue weighted by molar-refractivity contribution is 0.0907. The maximum Gasteiger partial charge on any atom is 0.316 e. The summed E-state index contributed by atoms with van der Waals surface area (Å²) in [4.78, 5) is 23.9. The molecule has 0 fully saturated rings. The number of nitrogens with one attached hydrogen (secondary N) is 1. The summed E-state index contributed by atoms with van der Waals surface area (Å²) in [6, 6.07) is 5.79. The Hall–Kier alpha value is -3.18. The first-order chi connectivity index (χ1) is 11.9. The number of nitrogens with zero attached hydrogens (tertiary/aromatic N) is 4. The molecule has 128 valence electrons. The predicted octanol–water partition coefficient (Wildman–Crippen LogP) is 0.104. The second-order valence-electron chi connectivity index (χ2n) is 4.89. The minimum Gasteiger partial charge on any atom is -0.344 e. The summed E-state index contributed by atoms with van der Waals surface area (Å²) in [7, 11) is -3.75. The van der Waals surface area contributed by atoms with Gasteiger partial charge in [0, 0.05) is 18.9 Å². The molecule has 0 radical (unpaired) electrons. The molecule has 3 N–H and O–H groups in total. The van der Waals surface area contributed by atoms with E-state index in [0.29, 0.717) is 11.3 Å². The van der Waals surface area contributed by atoms with Crippen LogP contribution in [0, 0.1) is 0 Å². The van der Waals surface area contributed by atoms with Crippen molar-refractivity contribution in [1.29, 1.82) is 0 Å². The summed E-state index contributed by atoms with van der Waals surface area (Å²) < 4.78 is 27.3. The number of primary sulfonamides is 1. The number of amides is 1. The van der Waals surface area contributed by atoms with E-state index in [9.17, 15) is 13.2 Å². The first kappa shape index (κ1) is 16.7. The zero-order valence-electron chi connectivity index (χ0n) is 12.7. The lowest BCUT2D eigenvalue weighted by Crippen LogP contribution is -2.23. The molecule has 1 amide bonds. The highest BCUT2D eigenvalue weighted by atomic mass is 32.2. The smallest absolute Gasteiger partial charge is 0.316 e. The molecule has 2 heterocycles. The molecule has 3 rings (SSSR count). The van der Waals surface area contributed by atoms with Crippen molar-refractivity contribution in [2.24, 2.45) is 5.14 Å². The standard InChI is InChI=1S/C14H12N6O4S/c15-25(22,23)10-3-1-9(2-4-10)7-18-13(21)14-19-12(20-24-14)11-8-16-5-6-17-11/h1-6,8H,7H2,(H,18,21)(H2,15,22,23). The number of aromatic nitrogens is 4. The molecule has 0 saturated heterocycles. The molecule has 3 aromatic rings. The third kappa shape index (κ3) is 4.02. The zero-order chi connectivity index (χ0) is 17.9. The molecule has 0 unspecified atom stereocenters. The fraction of sp³-hybridized carbons (Fsp3) is 0.0714. The Morgan fingerprint density at radius 3 is 2.60 bits per heavy atom. The molecule has 0 atom stereocenters. The molecule has 0 aliphatic carbocycles. The Kier molecular flexibility index (Phi) is 4.50. The van der Waals surface area contributed by atoms with Gasteiger partial charge in [-0.15, -0.1) is 0 Å². The first-order valence-electron chi connectivity index (χ1n) is 6.93. The molecule has 0 saturated carbocycles. The van der Waals surface area contributed by atoms with Crippen molar-refractivity contribution in [3.63, 3.8) is 0 Å². The van der Waals surface area contributed by atoms with Crippen LogP contribution in [0.5, 0.6) is 0 Å². The summed E-state index contributed by atoms with van der Waals surface area (Å²) in [5, 5.41) is 11.3. The Balaban J connectivity index is 1.64. The van der Waals surface area contributed by atoms with Crippen LogP contribution in [-0.4, -0.2) is 34.4 Å². The monoisotopic (exact) mass is 360 g/mol. The van der Waals surface area contributed by atoms with Crippen LogP contribution in [0.25, 0.3) is 11.5 Å². The third-order valence-electron chi connectivity index (χ3n) is 3.12. The molecule has 10 nitrogen and oxygen atoms in total. The van der Waals surface area contributed by atoms with Gasteiger partial charge in [-0.25, -0.2) is 18.5 Å². The van der Waals surface area contributed by atoms with Gasteiger partial charge in [-0.1, -0.05) is 17.3 Å². The molecule has 0 aliphatic heterocycles. The number of carbonyl (C=O) groups excluding carboxylic acids is 1. The summed E-state index contributed by atoms with van der Waals surface area (Å²) >= 11 is 0. The van der Waals surface area contributed by atoms with Gasteiger partial charge in [0.25, 0.3) is 0 Å². The van der Waals surface area contributed by atoms with Crippen molar-refractivity contribution in [3.8, 4) is 11.5 Å². The summed E-state index contributed by atoms with van der Waals surface area (Å²) in [6.07, 6.45) is 4.41. The van der Waals surface area contributed by atoms with Crippen LogP contribution in [0.2, 0.25) is 0 Å². The molecular weight excluding hydrogens is 348 g/mol. The Morgan fingerprint density at radius 1 is 1.20 bits per heavy atom. The van der Waals surface area contributed by atoms with Crippen molar-refractivity contribution in [3.05, 3.63) is 54.3 Å². The Bertz CT molecular complexity index is 986. The van der Waals surface area contributed by atoms with Crippen LogP contribution in [0.4, 0.5) is 0 Å². The normalized spacial score (nSPS) is 11.2. The maximum absolute atomic E-state index is 12.0. The molecule has 2 aromatic heterocycles. The summed E-state index contributed by atoms with van der Waals surface area (Å²) in [5.41, 5.74) is 1.05. The molecular formula is C14H12N6O4S. The van der Waals surface area contributed by atoms with E-state index in [2.05, 4.69) is 25.4 Å². The highest BCUT2D eigenvalue weighted by Gasteiger charge is 2.16. The first-order valence-corrected chi connectivity index (χ1v) is 8.48. The van der Waals surface area contributed by atoms with Crippen molar-refractivity contribution >= 4 is 15.9 Å². The van der Waals surface area contributed by atoms with Crippen LogP contribution >= 0.6 is 0 Å². The highest BCUT2D eigenvalue weighted by Crippen LogP contribution is 2.11. The largest absolute Gasteiger partial charge is 0.344 e. The van der Waals surface area contributed by atoms with Crippen LogP contribution in [-0.2, 0) is 16.6 Å². The van der Waals surface area contributed by atoms with Gasteiger partial charge >= 0.3 is 11.8 Å². The molecule has 11 heteroatoms. The highest BCUT2D eigenvalue weighted by molar-refractivity contribution is 7.89. The van der Waals surface area contributed by atoms with Crippen molar-refractivity contribution in [2.45, 2.75) is 11.4 Å². The maximum atomic E-state index is 12.0. The van der Waals surface area contributed by atoms with Crippen molar-refractivity contribution < 1.29 is 17.7 Å². The number of sulfonamides is 1. The summed E-state index contributed by atoms with van der Waals surface area (Å²) in [5.74, 6) is -0.643. The fourth-order valence-corrected chi connectivity index (χ4v) is 2.40. The van der Waals surface area contributed by atoms with E-state index in [1.807, 2.05) is 0 Å². The molecule has 25 heavy (non-hydrogen) atoms. The predicted molar refractivity (Wildman–Crippen MR) is 84.3 cm³/mol. The minimum atomic E-state index is -3.75. The van der Waals surface area contributed by atoms with Crippen LogP contribution in [0.15, 0.2) is 52.3 Å². The average molecular weight is 360 g/mol. The topological polar surface area (TPSA) is 154 Å². The van der Waals surface area contributed by atoms with Gasteiger partial charge in [0.05, 0.1) is 11.1 Å². The molecule has 0 aliphatic rings. The fourth-order valence-electron chi connectivity index (χ4n) is 1.89. The number of carbonyl (C=O) groups is 1. The number of hydrogen-bond acceptors (Lipinski definition) is 8. The summed E-state index contributed by atoms with van der Waals surface area (Å²) in [6.45, 7) is 0.145. The Morgan fingerprint density at radius 2 is 1.96 bits per heavy atom.